The SMILES string of the molecule is Cc1nn(C)c(N2CCCN3CCCC3C2)c1CO. The van der Waals surface area contributed by atoms with Crippen LogP contribution < -0.4 is 4.90 Å². The summed E-state index contributed by atoms with van der Waals surface area (Å²) in [5, 5.41) is 14.1. The standard InChI is InChI=1S/C14H24N4O/c1-11-13(10-19)14(16(2)15-11)18-8-4-7-17-6-3-5-12(17)9-18/h12,19H,3-10H2,1-2H3. The maximum absolute atomic E-state index is 9.61. The van der Waals surface area contributed by atoms with E-state index in [-0.39, 0.29) is 6.61 Å². The minimum atomic E-state index is 0.0832. The molecule has 1 N–H and O–H groups in total. The van der Waals surface area contributed by atoms with Gasteiger partial charge in [-0.25, -0.2) is 0 Å². The first-order valence-electron chi connectivity index (χ1n) is 7.33. The minimum absolute atomic E-state index is 0.0832. The van der Waals surface area contributed by atoms with Crippen LogP contribution in [0.25, 0.3) is 0 Å². The lowest BCUT2D eigenvalue weighted by Crippen LogP contribution is -2.37. The molecule has 1 atom stereocenters. The Hall–Kier alpha value is -1.07. The summed E-state index contributed by atoms with van der Waals surface area (Å²) < 4.78 is 1.94. The lowest BCUT2D eigenvalue weighted by Gasteiger charge is -2.27. The fourth-order valence-corrected chi connectivity index (χ4v) is 3.67. The summed E-state index contributed by atoms with van der Waals surface area (Å²) in [7, 11) is 1.98. The van der Waals surface area contributed by atoms with Gasteiger partial charge < -0.3 is 10.0 Å². The van der Waals surface area contributed by atoms with Crippen molar-refractivity contribution >= 4 is 5.82 Å². The second-order valence-electron chi connectivity index (χ2n) is 5.80. The Bertz CT molecular complexity index is 457. The fraction of sp³-hybridized carbons (Fsp3) is 0.786. The number of aliphatic hydroxyl groups excluding tert-OH is 1. The third kappa shape index (κ3) is 2.25. The van der Waals surface area contributed by atoms with Crippen LogP contribution in [0, 0.1) is 6.92 Å². The van der Waals surface area contributed by atoms with Crippen molar-refractivity contribution in [3.63, 3.8) is 0 Å². The van der Waals surface area contributed by atoms with E-state index in [0.717, 1.165) is 30.2 Å². The van der Waals surface area contributed by atoms with Crippen LogP contribution in [0.4, 0.5) is 5.82 Å². The van der Waals surface area contributed by atoms with E-state index in [9.17, 15) is 5.11 Å². The van der Waals surface area contributed by atoms with Crippen molar-refractivity contribution in [1.29, 1.82) is 0 Å². The van der Waals surface area contributed by atoms with Crippen LogP contribution in [-0.4, -0.2) is 52.0 Å². The van der Waals surface area contributed by atoms with Crippen LogP contribution in [0.2, 0.25) is 0 Å². The van der Waals surface area contributed by atoms with Crippen molar-refractivity contribution < 1.29 is 5.11 Å². The highest BCUT2D eigenvalue weighted by atomic mass is 16.3. The van der Waals surface area contributed by atoms with Gasteiger partial charge in [0, 0.05) is 38.3 Å². The summed E-state index contributed by atoms with van der Waals surface area (Å²) in [6, 6.07) is 0.684. The number of nitrogens with zero attached hydrogens (tertiary/aromatic N) is 4. The molecule has 106 valence electrons. The molecular formula is C14H24N4O. The number of rotatable bonds is 2. The summed E-state index contributed by atoms with van der Waals surface area (Å²) in [5.41, 5.74) is 1.95. The highest BCUT2D eigenvalue weighted by Gasteiger charge is 2.30. The Labute approximate surface area is 114 Å². The van der Waals surface area contributed by atoms with Gasteiger partial charge in [0.15, 0.2) is 0 Å². The molecule has 1 aromatic heterocycles. The number of hydrogen-bond donors (Lipinski definition) is 1. The van der Waals surface area contributed by atoms with Gasteiger partial charge >= 0.3 is 0 Å². The van der Waals surface area contributed by atoms with Gasteiger partial charge in [-0.05, 0) is 32.7 Å². The van der Waals surface area contributed by atoms with Crippen LogP contribution in [0.3, 0.4) is 0 Å². The zero-order chi connectivity index (χ0) is 13.4. The van der Waals surface area contributed by atoms with Gasteiger partial charge in [-0.1, -0.05) is 0 Å². The molecule has 0 amide bonds. The van der Waals surface area contributed by atoms with Gasteiger partial charge in [0.2, 0.25) is 0 Å². The van der Waals surface area contributed by atoms with E-state index in [4.69, 9.17) is 0 Å². The van der Waals surface area contributed by atoms with Gasteiger partial charge in [-0.2, -0.15) is 5.10 Å². The molecule has 2 aliphatic rings. The van der Waals surface area contributed by atoms with E-state index in [1.807, 2.05) is 18.7 Å². The lowest BCUT2D eigenvalue weighted by atomic mass is 10.2. The van der Waals surface area contributed by atoms with Crippen LogP contribution in [0.5, 0.6) is 0 Å². The Morgan fingerprint density at radius 2 is 2.05 bits per heavy atom. The normalized spacial score (nSPS) is 24.6. The molecule has 0 radical (unpaired) electrons. The third-order valence-electron chi connectivity index (χ3n) is 4.57. The molecule has 0 aromatic carbocycles. The maximum atomic E-state index is 9.61. The molecule has 1 unspecified atom stereocenters. The van der Waals surface area contributed by atoms with E-state index >= 15 is 0 Å². The molecule has 0 saturated carbocycles. The summed E-state index contributed by atoms with van der Waals surface area (Å²) in [5.74, 6) is 1.12. The van der Waals surface area contributed by atoms with Crippen molar-refractivity contribution in [3.8, 4) is 0 Å². The number of anilines is 1. The van der Waals surface area contributed by atoms with Gasteiger partial charge in [0.05, 0.1) is 12.3 Å². The second-order valence-corrected chi connectivity index (χ2v) is 5.80. The molecule has 3 heterocycles. The number of hydrogen-bond acceptors (Lipinski definition) is 4. The Morgan fingerprint density at radius 1 is 1.26 bits per heavy atom. The zero-order valence-electron chi connectivity index (χ0n) is 12.0. The smallest absolute Gasteiger partial charge is 0.132 e. The quantitative estimate of drug-likeness (QED) is 0.862. The van der Waals surface area contributed by atoms with Gasteiger partial charge in [-0.15, -0.1) is 0 Å². The van der Waals surface area contributed by atoms with Crippen molar-refractivity contribution in [3.05, 3.63) is 11.3 Å². The van der Waals surface area contributed by atoms with E-state index in [1.54, 1.807) is 0 Å². The molecule has 0 aliphatic carbocycles. The molecule has 2 saturated heterocycles. The summed E-state index contributed by atoms with van der Waals surface area (Å²) in [6.07, 6.45) is 3.84. The highest BCUT2D eigenvalue weighted by Crippen LogP contribution is 2.28. The van der Waals surface area contributed by atoms with Crippen LogP contribution in [0.1, 0.15) is 30.5 Å². The van der Waals surface area contributed by atoms with E-state index in [1.165, 1.54) is 32.4 Å². The third-order valence-corrected chi connectivity index (χ3v) is 4.57. The largest absolute Gasteiger partial charge is 0.391 e. The van der Waals surface area contributed by atoms with Crippen molar-refractivity contribution in [2.24, 2.45) is 7.05 Å². The summed E-state index contributed by atoms with van der Waals surface area (Å²) >= 11 is 0. The van der Waals surface area contributed by atoms with E-state index < -0.39 is 0 Å². The van der Waals surface area contributed by atoms with Crippen molar-refractivity contribution in [2.45, 2.75) is 38.8 Å². The molecule has 5 nitrogen and oxygen atoms in total. The number of aromatic nitrogens is 2. The zero-order valence-corrected chi connectivity index (χ0v) is 12.0. The topological polar surface area (TPSA) is 44.5 Å². The molecule has 1 aromatic rings. The average Bonchev–Trinajstić information content (AvgIpc) is 2.87. The molecule has 3 rings (SSSR count). The van der Waals surface area contributed by atoms with Crippen molar-refractivity contribution in [2.75, 3.05) is 31.1 Å². The number of aryl methyl sites for hydroxylation is 2. The molecule has 2 aliphatic heterocycles. The van der Waals surface area contributed by atoms with Crippen LogP contribution >= 0.6 is 0 Å². The van der Waals surface area contributed by atoms with Gasteiger partial charge in [0.25, 0.3) is 0 Å². The second kappa shape index (κ2) is 5.13. The summed E-state index contributed by atoms with van der Waals surface area (Å²) in [6.45, 7) is 6.68. The Morgan fingerprint density at radius 3 is 2.84 bits per heavy atom. The highest BCUT2D eigenvalue weighted by molar-refractivity contribution is 5.50. The summed E-state index contributed by atoms with van der Waals surface area (Å²) in [4.78, 5) is 5.06. The molecule has 2 fully saturated rings. The minimum Gasteiger partial charge on any atom is -0.391 e. The van der Waals surface area contributed by atoms with Crippen LogP contribution in [0.15, 0.2) is 0 Å². The first-order chi connectivity index (χ1) is 9.20. The number of fused-ring (bicyclic) bond motifs is 1. The predicted octanol–water partition coefficient (Wildman–Crippen LogP) is 0.895. The maximum Gasteiger partial charge on any atom is 0.132 e. The molecule has 0 bridgehead atoms. The van der Waals surface area contributed by atoms with Gasteiger partial charge in [0.1, 0.15) is 5.82 Å². The predicted molar refractivity (Wildman–Crippen MR) is 75.3 cm³/mol. The molecule has 5 heteroatoms. The van der Waals surface area contributed by atoms with E-state index in [2.05, 4.69) is 14.9 Å². The molecule has 19 heavy (non-hydrogen) atoms. The van der Waals surface area contributed by atoms with Crippen molar-refractivity contribution in [1.82, 2.24) is 14.7 Å². The molecular weight excluding hydrogens is 240 g/mol. The Kier molecular flexibility index (Phi) is 3.50. The first-order valence-corrected chi connectivity index (χ1v) is 7.33. The fourth-order valence-electron chi connectivity index (χ4n) is 3.67. The first kappa shape index (κ1) is 12.9. The monoisotopic (exact) mass is 264 g/mol. The average molecular weight is 264 g/mol. The van der Waals surface area contributed by atoms with E-state index in [0.29, 0.717) is 6.04 Å². The van der Waals surface area contributed by atoms with Gasteiger partial charge in [-0.3, -0.25) is 9.58 Å². The molecule has 0 spiro atoms. The number of aliphatic hydroxyl groups is 1. The Balaban J connectivity index is 1.88. The lowest BCUT2D eigenvalue weighted by molar-refractivity contribution is 0.272. The van der Waals surface area contributed by atoms with Crippen LogP contribution in [-0.2, 0) is 13.7 Å².